The maximum Gasteiger partial charge on any atom is -0.0318 e. The number of fused-ring (bicyclic) bond motifs is 1. The van der Waals surface area contributed by atoms with E-state index in [-0.39, 0.29) is 0 Å². The highest BCUT2D eigenvalue weighted by Crippen LogP contribution is 2.25. The van der Waals surface area contributed by atoms with Crippen molar-refractivity contribution in [3.63, 3.8) is 0 Å². The molecule has 0 heterocycles. The number of aryl methyl sites for hydroxylation is 1. The maximum atomic E-state index is 2.26. The molecule has 0 atom stereocenters. The van der Waals surface area contributed by atoms with E-state index in [0.717, 1.165) is 6.42 Å². The molecule has 0 aromatic carbocycles. The number of hydrogen-bond acceptors (Lipinski definition) is 0. The molecule has 0 spiro atoms. The van der Waals surface area contributed by atoms with E-state index in [9.17, 15) is 0 Å². The Hall–Kier alpha value is -1.17. The average molecular weight is 143 g/mol. The van der Waals surface area contributed by atoms with Crippen LogP contribution in [0.1, 0.15) is 12.5 Å². The third-order valence-corrected chi connectivity index (χ3v) is 2.09. The first-order chi connectivity index (χ1) is 5.40. The van der Waals surface area contributed by atoms with Crippen molar-refractivity contribution in [1.29, 1.82) is 0 Å². The van der Waals surface area contributed by atoms with E-state index in [1.807, 2.05) is 0 Å². The molecule has 2 aliphatic carbocycles. The van der Waals surface area contributed by atoms with Crippen molar-refractivity contribution in [3.05, 3.63) is 42.0 Å². The molecular weight excluding hydrogens is 132 g/mol. The first-order valence-corrected chi connectivity index (χ1v) is 4.04. The average Bonchev–Trinajstić information content (AvgIpc) is 2.46. The molecule has 2 rings (SSSR count). The highest BCUT2D eigenvalue weighted by Gasteiger charge is 1.95. The van der Waals surface area contributed by atoms with Gasteiger partial charge in [0, 0.05) is 0 Å². The number of benzene rings is 1. The molecule has 0 aliphatic heterocycles. The van der Waals surface area contributed by atoms with Gasteiger partial charge in [0.15, 0.2) is 0 Å². The number of hydrogen-bond donors (Lipinski definition) is 0. The Morgan fingerprint density at radius 1 is 1.27 bits per heavy atom. The Bertz CT molecular complexity index is 287. The van der Waals surface area contributed by atoms with E-state index in [1.54, 1.807) is 0 Å². The molecule has 0 amide bonds. The van der Waals surface area contributed by atoms with Crippen LogP contribution in [0.4, 0.5) is 0 Å². The third-order valence-electron chi connectivity index (χ3n) is 2.09. The highest BCUT2D eigenvalue weighted by atomic mass is 14.1. The smallest absolute Gasteiger partial charge is 0.0318 e. The van der Waals surface area contributed by atoms with E-state index in [4.69, 9.17) is 0 Å². The Morgan fingerprint density at radius 3 is 2.82 bits per heavy atom. The van der Waals surface area contributed by atoms with Gasteiger partial charge in [0.1, 0.15) is 0 Å². The summed E-state index contributed by atoms with van der Waals surface area (Å²) in [6, 6.07) is 13.0. The van der Waals surface area contributed by atoms with Gasteiger partial charge in [-0.05, 0) is 6.42 Å². The van der Waals surface area contributed by atoms with Crippen LogP contribution in [-0.2, 0) is 6.42 Å². The van der Waals surface area contributed by atoms with Crippen molar-refractivity contribution in [2.45, 2.75) is 13.3 Å². The minimum absolute atomic E-state index is 1.13. The van der Waals surface area contributed by atoms with Crippen LogP contribution in [0.5, 0.6) is 0 Å². The van der Waals surface area contributed by atoms with Crippen LogP contribution in [0.3, 0.4) is 0 Å². The molecule has 0 aromatic rings. The van der Waals surface area contributed by atoms with Crippen molar-refractivity contribution >= 4 is 0 Å². The molecular formula is C11H11-. The minimum Gasteiger partial charge on any atom is -0.172 e. The van der Waals surface area contributed by atoms with Crippen LogP contribution in [0.25, 0.3) is 11.1 Å². The van der Waals surface area contributed by atoms with E-state index < -0.39 is 0 Å². The molecule has 0 saturated carbocycles. The first-order valence-electron chi connectivity index (χ1n) is 4.04. The first kappa shape index (κ1) is 6.53. The van der Waals surface area contributed by atoms with E-state index in [1.165, 1.54) is 16.7 Å². The van der Waals surface area contributed by atoms with Gasteiger partial charge in [0.2, 0.25) is 0 Å². The predicted molar refractivity (Wildman–Crippen MR) is 48.0 cm³/mol. The molecule has 0 radical (unpaired) electrons. The van der Waals surface area contributed by atoms with Gasteiger partial charge in [-0.3, -0.25) is 0 Å². The second-order valence-corrected chi connectivity index (χ2v) is 2.85. The normalized spacial score (nSPS) is 10.6. The summed E-state index contributed by atoms with van der Waals surface area (Å²) in [5.74, 6) is 0. The Morgan fingerprint density at radius 2 is 2.09 bits per heavy atom. The lowest BCUT2D eigenvalue weighted by atomic mass is 10.1. The fourth-order valence-electron chi connectivity index (χ4n) is 1.42. The van der Waals surface area contributed by atoms with Gasteiger partial charge in [0.05, 0.1) is 0 Å². The zero-order chi connectivity index (χ0) is 7.68. The molecule has 0 N–H and O–H groups in total. The van der Waals surface area contributed by atoms with Crippen molar-refractivity contribution in [1.82, 2.24) is 0 Å². The Balaban J connectivity index is 2.60. The van der Waals surface area contributed by atoms with Gasteiger partial charge >= 0.3 is 0 Å². The van der Waals surface area contributed by atoms with E-state index in [2.05, 4.69) is 43.3 Å². The minimum atomic E-state index is 1.13. The predicted octanol–water partition coefficient (Wildman–Crippen LogP) is 3.07. The Kier molecular flexibility index (Phi) is 1.46. The fraction of sp³-hybridized carbons (Fsp3) is 0.182. The summed E-state index contributed by atoms with van der Waals surface area (Å²) in [4.78, 5) is 0. The van der Waals surface area contributed by atoms with Crippen LogP contribution >= 0.6 is 0 Å². The molecule has 0 bridgehead atoms. The molecule has 0 unspecified atom stereocenters. The molecule has 2 aliphatic rings. The topological polar surface area (TPSA) is 0 Å². The van der Waals surface area contributed by atoms with Gasteiger partial charge < -0.3 is 0 Å². The SMILES string of the molecule is CCc1cc2cc[cH-]cc-2c1. The van der Waals surface area contributed by atoms with Crippen molar-refractivity contribution < 1.29 is 0 Å². The van der Waals surface area contributed by atoms with Crippen molar-refractivity contribution in [2.24, 2.45) is 0 Å². The van der Waals surface area contributed by atoms with E-state index >= 15 is 0 Å². The Labute approximate surface area is 67.2 Å². The summed E-state index contributed by atoms with van der Waals surface area (Å²) < 4.78 is 0. The van der Waals surface area contributed by atoms with Gasteiger partial charge in [-0.2, -0.15) is 24.3 Å². The molecule has 0 nitrogen and oxygen atoms in total. The third kappa shape index (κ3) is 1.05. The monoisotopic (exact) mass is 143 g/mol. The molecule has 56 valence electrons. The summed E-state index contributed by atoms with van der Waals surface area (Å²) in [5.41, 5.74) is 4.17. The van der Waals surface area contributed by atoms with Crippen LogP contribution in [0.15, 0.2) is 36.4 Å². The summed E-state index contributed by atoms with van der Waals surface area (Å²) in [6.07, 6.45) is 1.13. The molecule has 0 aromatic heterocycles. The zero-order valence-corrected chi connectivity index (χ0v) is 6.67. The second-order valence-electron chi connectivity index (χ2n) is 2.85. The van der Waals surface area contributed by atoms with Crippen LogP contribution in [0, 0.1) is 0 Å². The van der Waals surface area contributed by atoms with Crippen molar-refractivity contribution in [3.8, 4) is 11.1 Å². The van der Waals surface area contributed by atoms with Gasteiger partial charge in [0.25, 0.3) is 0 Å². The summed E-state index contributed by atoms with van der Waals surface area (Å²) in [5, 5.41) is 0. The fourth-order valence-corrected chi connectivity index (χ4v) is 1.42. The maximum absolute atomic E-state index is 2.26. The van der Waals surface area contributed by atoms with Crippen molar-refractivity contribution in [2.75, 3.05) is 0 Å². The number of rotatable bonds is 1. The summed E-state index contributed by atoms with van der Waals surface area (Å²) >= 11 is 0. The quantitative estimate of drug-likeness (QED) is 0.538. The standard InChI is InChI=1S/C11H11/c1-2-9-7-10-5-3-4-6-11(10)8-9/h3-8H,2H2,1H3/q-1. The lowest BCUT2D eigenvalue weighted by molar-refractivity contribution is 1.15. The zero-order valence-electron chi connectivity index (χ0n) is 6.67. The molecule has 0 fully saturated rings. The molecule has 0 saturated heterocycles. The van der Waals surface area contributed by atoms with Crippen LogP contribution in [0.2, 0.25) is 0 Å². The van der Waals surface area contributed by atoms with Gasteiger partial charge in [-0.25, -0.2) is 0 Å². The largest absolute Gasteiger partial charge is 0.172 e. The highest BCUT2D eigenvalue weighted by molar-refractivity contribution is 5.68. The lowest BCUT2D eigenvalue weighted by Crippen LogP contribution is -1.67. The molecule has 0 heteroatoms. The lowest BCUT2D eigenvalue weighted by Gasteiger charge is -2.02. The van der Waals surface area contributed by atoms with Crippen LogP contribution in [-0.4, -0.2) is 0 Å². The summed E-state index contributed by atoms with van der Waals surface area (Å²) in [7, 11) is 0. The van der Waals surface area contributed by atoms with Crippen LogP contribution < -0.4 is 0 Å². The van der Waals surface area contributed by atoms with E-state index in [0.29, 0.717) is 0 Å². The second kappa shape index (κ2) is 2.46. The molecule has 11 heavy (non-hydrogen) atoms. The van der Waals surface area contributed by atoms with Gasteiger partial charge in [-0.15, -0.1) is 17.2 Å². The summed E-state index contributed by atoms with van der Waals surface area (Å²) in [6.45, 7) is 2.19. The van der Waals surface area contributed by atoms with Gasteiger partial charge in [-0.1, -0.05) is 18.6 Å².